The smallest absolute Gasteiger partial charge is 0.309 e. The number of benzene rings is 2. The predicted octanol–water partition coefficient (Wildman–Crippen LogP) is 3.42. The Bertz CT molecular complexity index is 899. The van der Waals surface area contributed by atoms with Crippen molar-refractivity contribution in [2.24, 2.45) is 0 Å². The quantitative estimate of drug-likeness (QED) is 0.757. The number of fused-ring (bicyclic) bond motifs is 2. The van der Waals surface area contributed by atoms with Crippen molar-refractivity contribution in [2.45, 2.75) is 38.3 Å². The zero-order valence-electron chi connectivity index (χ0n) is 13.4. The standard InChI is InChI=1S/C19H17N3O2/c1-12-5-4-8-17-18(23)22(19(24)21(12)17)16-10-9-13(11-20)14-6-2-3-7-15(14)16/h2-3,6-7,9-10,12,17H,4-5,8H2,1H3/t12?,17-/m1/s1. The van der Waals surface area contributed by atoms with Crippen LogP contribution < -0.4 is 4.90 Å². The second-order valence-corrected chi connectivity index (χ2v) is 6.45. The maximum Gasteiger partial charge on any atom is 0.332 e. The summed E-state index contributed by atoms with van der Waals surface area (Å²) in [5.74, 6) is -0.151. The molecule has 2 saturated heterocycles. The van der Waals surface area contributed by atoms with Gasteiger partial charge >= 0.3 is 6.03 Å². The van der Waals surface area contributed by atoms with Crippen molar-refractivity contribution in [2.75, 3.05) is 4.90 Å². The van der Waals surface area contributed by atoms with Crippen LogP contribution in [0.4, 0.5) is 10.5 Å². The van der Waals surface area contributed by atoms with Gasteiger partial charge in [0.2, 0.25) is 0 Å². The van der Waals surface area contributed by atoms with Crippen LogP contribution in [0.25, 0.3) is 10.8 Å². The fourth-order valence-corrected chi connectivity index (χ4v) is 3.91. The third-order valence-electron chi connectivity index (χ3n) is 5.09. The topological polar surface area (TPSA) is 64.4 Å². The Morgan fingerprint density at radius 3 is 2.54 bits per heavy atom. The van der Waals surface area contributed by atoms with Crippen molar-refractivity contribution < 1.29 is 9.59 Å². The summed E-state index contributed by atoms with van der Waals surface area (Å²) < 4.78 is 0. The van der Waals surface area contributed by atoms with E-state index in [2.05, 4.69) is 6.07 Å². The lowest BCUT2D eigenvalue weighted by Crippen LogP contribution is -2.45. The Morgan fingerprint density at radius 2 is 1.83 bits per heavy atom. The highest BCUT2D eigenvalue weighted by molar-refractivity contribution is 6.24. The molecule has 2 atom stereocenters. The lowest BCUT2D eigenvalue weighted by Gasteiger charge is -2.32. The van der Waals surface area contributed by atoms with Crippen LogP contribution in [0.3, 0.4) is 0 Å². The van der Waals surface area contributed by atoms with E-state index in [0.717, 1.165) is 30.0 Å². The molecule has 0 saturated carbocycles. The molecule has 3 amide bonds. The highest BCUT2D eigenvalue weighted by atomic mass is 16.2. The molecule has 5 heteroatoms. The Labute approximate surface area is 140 Å². The molecule has 2 aliphatic rings. The molecule has 0 aromatic heterocycles. The first-order valence-corrected chi connectivity index (χ1v) is 8.21. The normalized spacial score (nSPS) is 23.5. The molecular weight excluding hydrogens is 302 g/mol. The number of nitrogens with zero attached hydrogens (tertiary/aromatic N) is 3. The molecule has 2 aromatic rings. The van der Waals surface area contributed by atoms with Gasteiger partial charge in [-0.3, -0.25) is 4.79 Å². The van der Waals surface area contributed by atoms with Crippen molar-refractivity contribution in [3.8, 4) is 6.07 Å². The SMILES string of the molecule is CC1CCC[C@@H]2C(=O)N(c3ccc(C#N)c4ccccc34)C(=O)N12. The fourth-order valence-electron chi connectivity index (χ4n) is 3.91. The average molecular weight is 319 g/mol. The number of rotatable bonds is 1. The number of urea groups is 1. The van der Waals surface area contributed by atoms with E-state index in [4.69, 9.17) is 0 Å². The fraction of sp³-hybridized carbons (Fsp3) is 0.316. The number of hydrogen-bond acceptors (Lipinski definition) is 3. The molecule has 2 aliphatic heterocycles. The van der Waals surface area contributed by atoms with Crippen LogP contribution in [0.1, 0.15) is 31.7 Å². The summed E-state index contributed by atoms with van der Waals surface area (Å²) in [4.78, 5) is 28.8. The second-order valence-electron chi connectivity index (χ2n) is 6.45. The molecule has 0 N–H and O–H groups in total. The van der Waals surface area contributed by atoms with Gasteiger partial charge in [-0.1, -0.05) is 24.3 Å². The molecule has 4 rings (SSSR count). The van der Waals surface area contributed by atoms with Gasteiger partial charge in [-0.15, -0.1) is 0 Å². The van der Waals surface area contributed by atoms with Crippen molar-refractivity contribution >= 4 is 28.4 Å². The molecule has 120 valence electrons. The highest BCUT2D eigenvalue weighted by Gasteiger charge is 2.49. The number of imide groups is 1. The highest BCUT2D eigenvalue weighted by Crippen LogP contribution is 2.37. The largest absolute Gasteiger partial charge is 0.332 e. The summed E-state index contributed by atoms with van der Waals surface area (Å²) in [6.45, 7) is 2.00. The van der Waals surface area contributed by atoms with E-state index in [1.165, 1.54) is 4.90 Å². The molecule has 1 unspecified atom stereocenters. The first-order valence-electron chi connectivity index (χ1n) is 8.21. The summed E-state index contributed by atoms with van der Waals surface area (Å²) in [5.41, 5.74) is 1.11. The lowest BCUT2D eigenvalue weighted by molar-refractivity contribution is -0.120. The number of carbonyl (C=O) groups excluding carboxylic acids is 2. The zero-order chi connectivity index (χ0) is 16.8. The van der Waals surface area contributed by atoms with E-state index < -0.39 is 0 Å². The molecule has 24 heavy (non-hydrogen) atoms. The molecule has 0 bridgehead atoms. The molecule has 5 nitrogen and oxygen atoms in total. The van der Waals surface area contributed by atoms with E-state index in [-0.39, 0.29) is 24.0 Å². The van der Waals surface area contributed by atoms with Crippen LogP contribution >= 0.6 is 0 Å². The van der Waals surface area contributed by atoms with Crippen molar-refractivity contribution in [1.82, 2.24) is 4.90 Å². The number of carbonyl (C=O) groups is 2. The molecule has 0 spiro atoms. The minimum Gasteiger partial charge on any atom is -0.309 e. The van der Waals surface area contributed by atoms with E-state index in [9.17, 15) is 14.9 Å². The predicted molar refractivity (Wildman–Crippen MR) is 90.5 cm³/mol. The molecule has 0 radical (unpaired) electrons. The minimum absolute atomic E-state index is 0.0786. The summed E-state index contributed by atoms with van der Waals surface area (Å²) in [5, 5.41) is 10.8. The van der Waals surface area contributed by atoms with Crippen LogP contribution in [0.2, 0.25) is 0 Å². The van der Waals surface area contributed by atoms with Crippen LogP contribution in [-0.4, -0.2) is 28.9 Å². The average Bonchev–Trinajstić information content (AvgIpc) is 2.86. The Hall–Kier alpha value is -2.87. The molecule has 0 aliphatic carbocycles. The van der Waals surface area contributed by atoms with Gasteiger partial charge in [-0.25, -0.2) is 9.69 Å². The van der Waals surface area contributed by atoms with Crippen molar-refractivity contribution in [3.05, 3.63) is 42.0 Å². The zero-order valence-corrected chi connectivity index (χ0v) is 13.4. The molecule has 2 fully saturated rings. The first-order chi connectivity index (χ1) is 11.6. The summed E-state index contributed by atoms with van der Waals surface area (Å²) >= 11 is 0. The van der Waals surface area contributed by atoms with Gasteiger partial charge in [-0.2, -0.15) is 5.26 Å². The van der Waals surface area contributed by atoms with Crippen LogP contribution in [-0.2, 0) is 4.79 Å². The monoisotopic (exact) mass is 319 g/mol. The number of piperidine rings is 1. The third kappa shape index (κ3) is 1.93. The van der Waals surface area contributed by atoms with E-state index in [1.807, 2.05) is 31.2 Å². The van der Waals surface area contributed by atoms with Gasteiger partial charge in [-0.05, 0) is 38.3 Å². The van der Waals surface area contributed by atoms with Crippen molar-refractivity contribution in [3.63, 3.8) is 0 Å². The molecular formula is C19H17N3O2. The van der Waals surface area contributed by atoms with Gasteiger partial charge in [0.05, 0.1) is 17.3 Å². The first kappa shape index (κ1) is 14.7. The lowest BCUT2D eigenvalue weighted by atomic mass is 9.98. The van der Waals surface area contributed by atoms with Crippen molar-refractivity contribution in [1.29, 1.82) is 5.26 Å². The van der Waals surface area contributed by atoms with Crippen LogP contribution in [0, 0.1) is 11.3 Å². The number of nitriles is 1. The summed E-state index contributed by atoms with van der Waals surface area (Å²) in [6, 6.07) is 12.4. The Morgan fingerprint density at radius 1 is 1.08 bits per heavy atom. The van der Waals surface area contributed by atoms with E-state index in [0.29, 0.717) is 11.3 Å². The number of hydrogen-bond donors (Lipinski definition) is 0. The summed E-state index contributed by atoms with van der Waals surface area (Å²) in [6.07, 6.45) is 2.61. The second kappa shape index (κ2) is 5.34. The number of amides is 3. The van der Waals surface area contributed by atoms with Crippen LogP contribution in [0.15, 0.2) is 36.4 Å². The molecule has 2 heterocycles. The van der Waals surface area contributed by atoms with Gasteiger partial charge in [0.1, 0.15) is 6.04 Å². The number of anilines is 1. The van der Waals surface area contributed by atoms with E-state index in [1.54, 1.807) is 17.0 Å². The van der Waals surface area contributed by atoms with Crippen LogP contribution in [0.5, 0.6) is 0 Å². The third-order valence-corrected chi connectivity index (χ3v) is 5.09. The van der Waals surface area contributed by atoms with Gasteiger partial charge in [0, 0.05) is 16.8 Å². The summed E-state index contributed by atoms with van der Waals surface area (Å²) in [7, 11) is 0. The maximum absolute atomic E-state index is 12.9. The Balaban J connectivity index is 1.88. The molecule has 2 aromatic carbocycles. The Kier molecular flexibility index (Phi) is 3.27. The minimum atomic E-state index is -0.351. The van der Waals surface area contributed by atoms with Gasteiger partial charge in [0.15, 0.2) is 0 Å². The maximum atomic E-state index is 12.9. The van der Waals surface area contributed by atoms with Gasteiger partial charge < -0.3 is 4.90 Å². The van der Waals surface area contributed by atoms with Gasteiger partial charge in [0.25, 0.3) is 5.91 Å². The van der Waals surface area contributed by atoms with E-state index >= 15 is 0 Å².